The Morgan fingerprint density at radius 2 is 1.90 bits per heavy atom. The van der Waals surface area contributed by atoms with Crippen molar-refractivity contribution in [2.24, 2.45) is 0 Å². The number of hydrogen-bond donors (Lipinski definition) is 0. The molecular weight excluding hydrogens is 244 g/mol. The van der Waals surface area contributed by atoms with Crippen LogP contribution in [0.2, 0.25) is 0 Å². The van der Waals surface area contributed by atoms with Crippen molar-refractivity contribution in [2.75, 3.05) is 13.1 Å². The predicted octanol–water partition coefficient (Wildman–Crippen LogP) is 4.34. The van der Waals surface area contributed by atoms with Crippen molar-refractivity contribution in [3.63, 3.8) is 0 Å². The van der Waals surface area contributed by atoms with Crippen LogP contribution in [0.15, 0.2) is 30.5 Å². The molecule has 2 aromatic rings. The molecule has 1 fully saturated rings. The number of aromatic nitrogens is 1. The normalized spacial score (nSPS) is 16.9. The molecule has 1 aliphatic rings. The summed E-state index contributed by atoms with van der Waals surface area (Å²) in [5, 5.41) is 2.72. The minimum absolute atomic E-state index is 0.473. The number of nitrogens with zero attached hydrogens (tertiary/aromatic N) is 2. The van der Waals surface area contributed by atoms with Gasteiger partial charge >= 0.3 is 0 Å². The minimum Gasteiger partial charge on any atom is -0.299 e. The lowest BCUT2D eigenvalue weighted by molar-refractivity contribution is 0.221. The van der Waals surface area contributed by atoms with Crippen LogP contribution in [0.4, 0.5) is 0 Å². The summed E-state index contributed by atoms with van der Waals surface area (Å²) in [6.45, 7) is 8.03. The molecule has 0 spiro atoms. The summed E-state index contributed by atoms with van der Waals surface area (Å²) < 4.78 is 0. The van der Waals surface area contributed by atoms with E-state index in [1.807, 2.05) is 6.20 Å². The SMILES string of the molecule is CC(C)c1nccc2cccc(CN3CCCCC3)c12. The van der Waals surface area contributed by atoms with Crippen molar-refractivity contribution in [1.82, 2.24) is 9.88 Å². The molecule has 2 heteroatoms. The Bertz CT molecular complexity index is 578. The molecule has 0 unspecified atom stereocenters. The fraction of sp³-hybridized carbons (Fsp3) is 0.500. The highest BCUT2D eigenvalue weighted by Crippen LogP contribution is 2.28. The van der Waals surface area contributed by atoms with Crippen LogP contribution in [-0.2, 0) is 6.54 Å². The van der Waals surface area contributed by atoms with E-state index in [4.69, 9.17) is 0 Å². The van der Waals surface area contributed by atoms with Gasteiger partial charge in [-0.25, -0.2) is 0 Å². The highest BCUT2D eigenvalue weighted by Gasteiger charge is 2.15. The van der Waals surface area contributed by atoms with Crippen LogP contribution in [0.25, 0.3) is 10.8 Å². The van der Waals surface area contributed by atoms with Crippen molar-refractivity contribution >= 4 is 10.8 Å². The molecule has 3 rings (SSSR count). The summed E-state index contributed by atoms with van der Waals surface area (Å²) in [6.07, 6.45) is 6.04. The summed E-state index contributed by atoms with van der Waals surface area (Å²) in [7, 11) is 0. The Morgan fingerprint density at radius 3 is 2.65 bits per heavy atom. The molecule has 0 bridgehead atoms. The first kappa shape index (κ1) is 13.6. The van der Waals surface area contributed by atoms with Gasteiger partial charge in [-0.2, -0.15) is 0 Å². The van der Waals surface area contributed by atoms with Crippen LogP contribution in [0.5, 0.6) is 0 Å². The molecule has 1 aromatic heterocycles. The van der Waals surface area contributed by atoms with Gasteiger partial charge in [-0.1, -0.05) is 38.5 Å². The van der Waals surface area contributed by atoms with E-state index < -0.39 is 0 Å². The topological polar surface area (TPSA) is 16.1 Å². The van der Waals surface area contributed by atoms with E-state index >= 15 is 0 Å². The average Bonchev–Trinajstić information content (AvgIpc) is 2.48. The largest absolute Gasteiger partial charge is 0.299 e. The van der Waals surface area contributed by atoms with Crippen LogP contribution in [0.1, 0.15) is 50.3 Å². The molecule has 1 aliphatic heterocycles. The van der Waals surface area contributed by atoms with E-state index in [0.29, 0.717) is 5.92 Å². The lowest BCUT2D eigenvalue weighted by atomic mass is 9.97. The molecule has 1 aromatic carbocycles. The third-order valence-corrected chi connectivity index (χ3v) is 4.30. The van der Waals surface area contributed by atoms with Crippen molar-refractivity contribution in [3.05, 3.63) is 41.7 Å². The molecule has 2 nitrogen and oxygen atoms in total. The standard InChI is InChI=1S/C18H24N2/c1-14(2)18-17-15(9-10-19-18)7-6-8-16(17)13-20-11-4-3-5-12-20/h6-10,14H,3-5,11-13H2,1-2H3. The van der Waals surface area contributed by atoms with E-state index in [9.17, 15) is 0 Å². The van der Waals surface area contributed by atoms with E-state index in [1.54, 1.807) is 0 Å². The lowest BCUT2D eigenvalue weighted by Crippen LogP contribution is -2.29. The summed E-state index contributed by atoms with van der Waals surface area (Å²) in [4.78, 5) is 7.23. The second-order valence-corrected chi connectivity index (χ2v) is 6.20. The van der Waals surface area contributed by atoms with Gasteiger partial charge in [0, 0.05) is 18.1 Å². The number of pyridine rings is 1. The number of fused-ring (bicyclic) bond motifs is 1. The highest BCUT2D eigenvalue weighted by atomic mass is 15.1. The maximum Gasteiger partial charge on any atom is 0.0510 e. The quantitative estimate of drug-likeness (QED) is 0.823. The second kappa shape index (κ2) is 5.92. The zero-order valence-corrected chi connectivity index (χ0v) is 12.6. The van der Waals surface area contributed by atoms with Gasteiger partial charge in [-0.3, -0.25) is 9.88 Å². The van der Waals surface area contributed by atoms with Crippen molar-refractivity contribution in [3.8, 4) is 0 Å². The Balaban J connectivity index is 2.00. The second-order valence-electron chi connectivity index (χ2n) is 6.20. The van der Waals surface area contributed by atoms with Crippen LogP contribution >= 0.6 is 0 Å². The van der Waals surface area contributed by atoms with E-state index in [-0.39, 0.29) is 0 Å². The Labute approximate surface area is 121 Å². The van der Waals surface area contributed by atoms with Crippen LogP contribution in [0.3, 0.4) is 0 Å². The number of piperidine rings is 1. The Morgan fingerprint density at radius 1 is 1.10 bits per heavy atom. The van der Waals surface area contributed by atoms with Gasteiger partial charge in [-0.05, 0) is 48.9 Å². The first-order valence-electron chi connectivity index (χ1n) is 7.84. The first-order chi connectivity index (χ1) is 9.75. The number of hydrogen-bond acceptors (Lipinski definition) is 2. The summed E-state index contributed by atoms with van der Waals surface area (Å²) in [6, 6.07) is 8.82. The fourth-order valence-electron chi connectivity index (χ4n) is 3.26. The summed E-state index contributed by atoms with van der Waals surface area (Å²) in [5.74, 6) is 0.473. The van der Waals surface area contributed by atoms with Gasteiger partial charge < -0.3 is 0 Å². The van der Waals surface area contributed by atoms with Gasteiger partial charge in [0.2, 0.25) is 0 Å². The van der Waals surface area contributed by atoms with Gasteiger partial charge in [0.05, 0.1) is 5.69 Å². The number of likely N-dealkylation sites (tertiary alicyclic amines) is 1. The maximum absolute atomic E-state index is 4.64. The van der Waals surface area contributed by atoms with E-state index in [0.717, 1.165) is 6.54 Å². The van der Waals surface area contributed by atoms with Gasteiger partial charge in [0.15, 0.2) is 0 Å². The molecule has 0 saturated carbocycles. The molecular formula is C18H24N2. The van der Waals surface area contributed by atoms with E-state index in [1.165, 1.54) is 54.4 Å². The number of rotatable bonds is 3. The Hall–Kier alpha value is -1.41. The lowest BCUT2D eigenvalue weighted by Gasteiger charge is -2.27. The molecule has 20 heavy (non-hydrogen) atoms. The van der Waals surface area contributed by atoms with Gasteiger partial charge in [-0.15, -0.1) is 0 Å². The van der Waals surface area contributed by atoms with Crippen LogP contribution in [0, 0.1) is 0 Å². The van der Waals surface area contributed by atoms with Crippen LogP contribution in [-0.4, -0.2) is 23.0 Å². The highest BCUT2D eigenvalue weighted by molar-refractivity contribution is 5.88. The monoisotopic (exact) mass is 268 g/mol. The molecule has 0 N–H and O–H groups in total. The fourth-order valence-corrected chi connectivity index (χ4v) is 3.26. The minimum atomic E-state index is 0.473. The molecule has 0 aliphatic carbocycles. The summed E-state index contributed by atoms with van der Waals surface area (Å²) in [5.41, 5.74) is 2.69. The van der Waals surface area contributed by atoms with Crippen molar-refractivity contribution in [2.45, 2.75) is 45.6 Å². The molecule has 106 valence electrons. The van der Waals surface area contributed by atoms with Gasteiger partial charge in [0.1, 0.15) is 0 Å². The maximum atomic E-state index is 4.64. The third-order valence-electron chi connectivity index (χ3n) is 4.30. The zero-order chi connectivity index (χ0) is 13.9. The summed E-state index contributed by atoms with van der Waals surface area (Å²) >= 11 is 0. The zero-order valence-electron chi connectivity index (χ0n) is 12.6. The Kier molecular flexibility index (Phi) is 4.02. The molecule has 2 heterocycles. The molecule has 0 radical (unpaired) electrons. The molecule has 0 atom stereocenters. The average molecular weight is 268 g/mol. The van der Waals surface area contributed by atoms with E-state index in [2.05, 4.69) is 48.0 Å². The third kappa shape index (κ3) is 2.71. The van der Waals surface area contributed by atoms with Crippen LogP contribution < -0.4 is 0 Å². The van der Waals surface area contributed by atoms with Crippen molar-refractivity contribution in [1.29, 1.82) is 0 Å². The molecule has 0 amide bonds. The molecule has 1 saturated heterocycles. The van der Waals surface area contributed by atoms with Crippen molar-refractivity contribution < 1.29 is 0 Å². The first-order valence-corrected chi connectivity index (χ1v) is 7.84. The van der Waals surface area contributed by atoms with Gasteiger partial charge in [0.25, 0.3) is 0 Å². The predicted molar refractivity (Wildman–Crippen MR) is 85.0 cm³/mol. The number of benzene rings is 1. The smallest absolute Gasteiger partial charge is 0.0510 e.